The van der Waals surface area contributed by atoms with Gasteiger partial charge in [0.2, 0.25) is 0 Å². The van der Waals surface area contributed by atoms with E-state index in [2.05, 4.69) is 29.7 Å². The van der Waals surface area contributed by atoms with E-state index in [0.717, 1.165) is 30.4 Å². The number of hydrogen-bond donors (Lipinski definition) is 2. The molecule has 21 heavy (non-hydrogen) atoms. The van der Waals surface area contributed by atoms with E-state index in [9.17, 15) is 4.39 Å². The van der Waals surface area contributed by atoms with Crippen LogP contribution in [0.3, 0.4) is 0 Å². The lowest BCUT2D eigenvalue weighted by molar-refractivity contribution is 0.366. The molecule has 0 amide bonds. The Kier molecular flexibility index (Phi) is 4.04. The molecule has 0 aliphatic heterocycles. The van der Waals surface area contributed by atoms with Crippen LogP contribution in [0.5, 0.6) is 0 Å². The van der Waals surface area contributed by atoms with Crippen molar-refractivity contribution in [3.8, 4) is 0 Å². The van der Waals surface area contributed by atoms with E-state index in [1.807, 2.05) is 13.0 Å². The van der Waals surface area contributed by atoms with E-state index in [1.165, 1.54) is 17.2 Å². The Morgan fingerprint density at radius 1 is 1.19 bits per heavy atom. The van der Waals surface area contributed by atoms with Crippen molar-refractivity contribution in [3.63, 3.8) is 0 Å². The molecule has 3 heteroatoms. The minimum Gasteiger partial charge on any atom is -0.271 e. The first-order chi connectivity index (χ1) is 10.2. The molecule has 2 nitrogen and oxygen atoms in total. The van der Waals surface area contributed by atoms with Gasteiger partial charge in [0.15, 0.2) is 0 Å². The number of hydrazine groups is 1. The molecule has 110 valence electrons. The molecule has 0 aromatic heterocycles. The molecule has 3 N–H and O–H groups in total. The smallest absolute Gasteiger partial charge is 0.123 e. The van der Waals surface area contributed by atoms with E-state index >= 15 is 0 Å². The maximum atomic E-state index is 13.4. The molecule has 3 rings (SSSR count). The van der Waals surface area contributed by atoms with Crippen LogP contribution in [0, 0.1) is 18.7 Å². The van der Waals surface area contributed by atoms with Gasteiger partial charge in [-0.05, 0) is 66.5 Å². The molecule has 0 saturated carbocycles. The first kappa shape index (κ1) is 14.2. The van der Waals surface area contributed by atoms with Crippen molar-refractivity contribution in [3.05, 3.63) is 70.5 Å². The first-order valence-electron chi connectivity index (χ1n) is 7.45. The number of rotatable bonds is 4. The molecular formula is C18H21FN2. The van der Waals surface area contributed by atoms with E-state index in [-0.39, 0.29) is 11.9 Å². The van der Waals surface area contributed by atoms with Crippen LogP contribution in [0.4, 0.5) is 4.39 Å². The van der Waals surface area contributed by atoms with Gasteiger partial charge >= 0.3 is 0 Å². The van der Waals surface area contributed by atoms with Crippen LogP contribution in [-0.4, -0.2) is 6.04 Å². The number of halogens is 1. The summed E-state index contributed by atoms with van der Waals surface area (Å²) in [5, 5.41) is 0. The fourth-order valence-corrected chi connectivity index (χ4v) is 3.34. The Hall–Kier alpha value is -1.71. The highest BCUT2D eigenvalue weighted by Gasteiger charge is 2.28. The maximum Gasteiger partial charge on any atom is 0.123 e. The van der Waals surface area contributed by atoms with Crippen LogP contribution in [0.25, 0.3) is 0 Å². The van der Waals surface area contributed by atoms with Gasteiger partial charge in [0.1, 0.15) is 5.82 Å². The monoisotopic (exact) mass is 284 g/mol. The molecule has 0 bridgehead atoms. The van der Waals surface area contributed by atoms with Gasteiger partial charge in [0.25, 0.3) is 0 Å². The highest BCUT2D eigenvalue weighted by atomic mass is 19.1. The minimum absolute atomic E-state index is 0.165. The van der Waals surface area contributed by atoms with Crippen LogP contribution in [0.15, 0.2) is 42.5 Å². The zero-order chi connectivity index (χ0) is 14.8. The van der Waals surface area contributed by atoms with E-state index in [1.54, 1.807) is 6.07 Å². The predicted octanol–water partition coefficient (Wildman–Crippen LogP) is 2.92. The van der Waals surface area contributed by atoms with Crippen molar-refractivity contribution < 1.29 is 4.39 Å². The molecule has 1 unspecified atom stereocenters. The van der Waals surface area contributed by atoms with Crippen molar-refractivity contribution in [2.75, 3.05) is 0 Å². The normalized spacial score (nSPS) is 16.0. The van der Waals surface area contributed by atoms with Gasteiger partial charge in [-0.15, -0.1) is 0 Å². The van der Waals surface area contributed by atoms with Crippen LogP contribution >= 0.6 is 0 Å². The summed E-state index contributed by atoms with van der Waals surface area (Å²) in [6, 6.07) is 13.7. The first-order valence-corrected chi connectivity index (χ1v) is 7.45. The number of nitrogens with two attached hydrogens (primary N) is 1. The number of hydrogen-bond acceptors (Lipinski definition) is 2. The Morgan fingerprint density at radius 3 is 2.48 bits per heavy atom. The molecule has 1 aliphatic carbocycles. The Balaban J connectivity index is 1.76. The highest BCUT2D eigenvalue weighted by Crippen LogP contribution is 2.30. The third kappa shape index (κ3) is 2.99. The second kappa shape index (κ2) is 5.96. The van der Waals surface area contributed by atoms with Crippen molar-refractivity contribution in [2.45, 2.75) is 32.2 Å². The second-order valence-electron chi connectivity index (χ2n) is 5.99. The molecule has 2 aromatic carbocycles. The van der Waals surface area contributed by atoms with Crippen LogP contribution in [-0.2, 0) is 19.3 Å². The minimum atomic E-state index is -0.180. The van der Waals surface area contributed by atoms with E-state index in [0.29, 0.717) is 5.92 Å². The topological polar surface area (TPSA) is 38.0 Å². The fraction of sp³-hybridized carbons (Fsp3) is 0.333. The van der Waals surface area contributed by atoms with Gasteiger partial charge < -0.3 is 0 Å². The van der Waals surface area contributed by atoms with Gasteiger partial charge in [0.05, 0.1) is 0 Å². The van der Waals surface area contributed by atoms with Crippen molar-refractivity contribution in [1.82, 2.24) is 5.43 Å². The summed E-state index contributed by atoms with van der Waals surface area (Å²) >= 11 is 0. The summed E-state index contributed by atoms with van der Waals surface area (Å²) in [6.07, 6.45) is 2.84. The van der Waals surface area contributed by atoms with Gasteiger partial charge in [-0.25, -0.2) is 4.39 Å². The van der Waals surface area contributed by atoms with E-state index < -0.39 is 0 Å². The van der Waals surface area contributed by atoms with Gasteiger partial charge in [-0.2, -0.15) is 0 Å². The standard InChI is InChI=1S/C18H21FN2/c1-12-6-7-17(19)10-15(12)11-18(21-20)16-8-13-4-2-3-5-14(13)9-16/h2-7,10,16,18,21H,8-9,11,20H2,1H3. The van der Waals surface area contributed by atoms with Crippen LogP contribution in [0.2, 0.25) is 0 Å². The fourth-order valence-electron chi connectivity index (χ4n) is 3.34. The summed E-state index contributed by atoms with van der Waals surface area (Å²) in [6.45, 7) is 2.02. The van der Waals surface area contributed by atoms with Gasteiger partial charge in [-0.3, -0.25) is 11.3 Å². The number of benzene rings is 2. The number of fused-ring (bicyclic) bond motifs is 1. The van der Waals surface area contributed by atoms with E-state index in [4.69, 9.17) is 5.84 Å². The number of aryl methyl sites for hydroxylation is 1. The predicted molar refractivity (Wildman–Crippen MR) is 83.3 cm³/mol. The van der Waals surface area contributed by atoms with Gasteiger partial charge in [-0.1, -0.05) is 30.3 Å². The lowest BCUT2D eigenvalue weighted by atomic mass is 9.90. The number of nitrogens with one attached hydrogen (secondary N) is 1. The summed E-state index contributed by atoms with van der Waals surface area (Å²) in [4.78, 5) is 0. The summed E-state index contributed by atoms with van der Waals surface area (Å²) < 4.78 is 13.4. The van der Waals surface area contributed by atoms with Crippen LogP contribution in [0.1, 0.15) is 22.3 Å². The van der Waals surface area contributed by atoms with Crippen molar-refractivity contribution in [1.29, 1.82) is 0 Å². The largest absolute Gasteiger partial charge is 0.271 e. The Morgan fingerprint density at radius 2 is 1.86 bits per heavy atom. The van der Waals surface area contributed by atoms with Crippen LogP contribution < -0.4 is 11.3 Å². The summed E-state index contributed by atoms with van der Waals surface area (Å²) in [5.41, 5.74) is 7.94. The highest BCUT2D eigenvalue weighted by molar-refractivity contribution is 5.33. The zero-order valence-corrected chi connectivity index (χ0v) is 12.3. The summed E-state index contributed by atoms with van der Waals surface area (Å²) in [5.74, 6) is 6.07. The molecule has 0 radical (unpaired) electrons. The quantitative estimate of drug-likeness (QED) is 0.669. The molecule has 2 aromatic rings. The Bertz CT molecular complexity index is 614. The molecule has 1 aliphatic rings. The zero-order valence-electron chi connectivity index (χ0n) is 12.3. The molecule has 1 atom stereocenters. The molecule has 0 heterocycles. The Labute approximate surface area is 125 Å². The average molecular weight is 284 g/mol. The molecular weight excluding hydrogens is 263 g/mol. The van der Waals surface area contributed by atoms with Gasteiger partial charge in [0, 0.05) is 6.04 Å². The lowest BCUT2D eigenvalue weighted by Gasteiger charge is -2.23. The average Bonchev–Trinajstić information content (AvgIpc) is 2.91. The van der Waals surface area contributed by atoms with Crippen molar-refractivity contribution >= 4 is 0 Å². The summed E-state index contributed by atoms with van der Waals surface area (Å²) in [7, 11) is 0. The third-order valence-corrected chi connectivity index (χ3v) is 4.62. The van der Waals surface area contributed by atoms with Crippen molar-refractivity contribution in [2.24, 2.45) is 11.8 Å². The lowest BCUT2D eigenvalue weighted by Crippen LogP contribution is -2.43. The molecule has 0 saturated heterocycles. The third-order valence-electron chi connectivity index (χ3n) is 4.62. The second-order valence-corrected chi connectivity index (χ2v) is 5.99. The molecule has 0 fully saturated rings. The SMILES string of the molecule is Cc1ccc(F)cc1CC(NN)C1Cc2ccccc2C1. The molecule has 0 spiro atoms. The maximum absolute atomic E-state index is 13.4.